The molecule has 4 atom stereocenters. The van der Waals surface area contributed by atoms with Gasteiger partial charge in [0.2, 0.25) is 0 Å². The summed E-state index contributed by atoms with van der Waals surface area (Å²) in [4.78, 5) is 35.2. The molecule has 7 heteroatoms. The molecule has 0 radical (unpaired) electrons. The van der Waals surface area contributed by atoms with Gasteiger partial charge in [0.05, 0.1) is 12.3 Å². The number of amides is 1. The number of aliphatic carboxylic acids is 1. The van der Waals surface area contributed by atoms with Gasteiger partial charge in [-0.1, -0.05) is 61.3 Å². The Labute approximate surface area is 156 Å². The first-order chi connectivity index (χ1) is 12.0. The van der Waals surface area contributed by atoms with E-state index in [1.807, 2.05) is 13.8 Å². The van der Waals surface area contributed by atoms with Crippen molar-refractivity contribution in [3.8, 4) is 0 Å². The largest absolute Gasteiger partial charge is 0.481 e. The van der Waals surface area contributed by atoms with Gasteiger partial charge in [-0.25, -0.2) is 4.79 Å². The maximum Gasteiger partial charge on any atom is 0.410 e. The molecule has 0 aromatic carbocycles. The van der Waals surface area contributed by atoms with Gasteiger partial charge in [-0.15, -0.1) is 0 Å². The molecule has 0 bridgehead atoms. The van der Waals surface area contributed by atoms with E-state index >= 15 is 0 Å². The molecule has 0 fully saturated rings. The number of hydrogen-bond donors (Lipinski definition) is 2. The maximum atomic E-state index is 12.3. The quantitative estimate of drug-likeness (QED) is 0.422. The molecule has 0 spiro atoms. The van der Waals surface area contributed by atoms with Gasteiger partial charge in [0.25, 0.3) is 6.29 Å². The second-order valence-corrected chi connectivity index (χ2v) is 7.58. The predicted octanol–water partition coefficient (Wildman–Crippen LogP) is 3.81. The third kappa shape index (κ3) is 9.06. The molecule has 0 saturated carbocycles. The molecule has 2 N–H and O–H groups in total. The van der Waals surface area contributed by atoms with Gasteiger partial charge in [0.1, 0.15) is 0 Å². The molecule has 0 rings (SSSR count). The molecule has 0 aliphatic heterocycles. The summed E-state index contributed by atoms with van der Waals surface area (Å²) in [6, 6.07) is -0.560. The van der Waals surface area contributed by atoms with Gasteiger partial charge < -0.3 is 19.9 Å². The van der Waals surface area contributed by atoms with Gasteiger partial charge >= 0.3 is 18.0 Å². The first-order valence-electron chi connectivity index (χ1n) is 9.38. The van der Waals surface area contributed by atoms with Crippen molar-refractivity contribution in [1.82, 2.24) is 5.32 Å². The van der Waals surface area contributed by atoms with E-state index in [0.29, 0.717) is 0 Å². The molecular formula is C19H35NO6. The smallest absolute Gasteiger partial charge is 0.410 e. The van der Waals surface area contributed by atoms with Crippen LogP contribution in [-0.2, 0) is 19.1 Å². The fourth-order valence-corrected chi connectivity index (χ4v) is 2.51. The molecule has 0 saturated heterocycles. The third-order valence-electron chi connectivity index (χ3n) is 4.45. The highest BCUT2D eigenvalue weighted by atomic mass is 16.7. The van der Waals surface area contributed by atoms with E-state index in [0.717, 1.165) is 12.8 Å². The number of alkyl carbamates (subject to hydrolysis) is 1. The maximum absolute atomic E-state index is 12.3. The molecule has 7 nitrogen and oxygen atoms in total. The lowest BCUT2D eigenvalue weighted by molar-refractivity contribution is -0.178. The summed E-state index contributed by atoms with van der Waals surface area (Å²) in [5.74, 6) is -1.78. The van der Waals surface area contributed by atoms with Crippen molar-refractivity contribution in [3.05, 3.63) is 0 Å². The normalized spacial score (nSPS) is 15.9. The standard InChI is InChI=1S/C19H35NO6/c1-8-9-13(6)14(7)15(10-16(21)22)20-19(24)26-18(12(4)5)25-17(23)11(2)3/h11-15,18H,8-10H2,1-7H3,(H,20,24)(H,21,22)/t13-,14-,15+,18-/m1/s1. The molecule has 26 heavy (non-hydrogen) atoms. The lowest BCUT2D eigenvalue weighted by Gasteiger charge is -2.29. The van der Waals surface area contributed by atoms with E-state index in [-0.39, 0.29) is 30.1 Å². The summed E-state index contributed by atoms with van der Waals surface area (Å²) in [6.45, 7) is 13.0. The van der Waals surface area contributed by atoms with Crippen molar-refractivity contribution in [2.75, 3.05) is 0 Å². The van der Waals surface area contributed by atoms with Crippen molar-refractivity contribution in [2.24, 2.45) is 23.7 Å². The van der Waals surface area contributed by atoms with E-state index in [9.17, 15) is 14.4 Å². The summed E-state index contributed by atoms with van der Waals surface area (Å²) < 4.78 is 10.5. The van der Waals surface area contributed by atoms with Gasteiger partial charge in [-0.2, -0.15) is 0 Å². The van der Waals surface area contributed by atoms with Crippen LogP contribution in [0.4, 0.5) is 4.79 Å². The zero-order chi connectivity index (χ0) is 20.4. The van der Waals surface area contributed by atoms with Gasteiger partial charge in [-0.3, -0.25) is 9.59 Å². The topological polar surface area (TPSA) is 102 Å². The Balaban J connectivity index is 4.99. The van der Waals surface area contributed by atoms with E-state index in [1.165, 1.54) is 0 Å². The van der Waals surface area contributed by atoms with Crippen molar-refractivity contribution in [1.29, 1.82) is 0 Å². The number of carboxylic acids is 1. The van der Waals surface area contributed by atoms with Crippen LogP contribution in [-0.4, -0.2) is 35.5 Å². The number of hydrogen-bond acceptors (Lipinski definition) is 5. The fourth-order valence-electron chi connectivity index (χ4n) is 2.51. The zero-order valence-corrected chi connectivity index (χ0v) is 17.1. The van der Waals surface area contributed by atoms with Crippen LogP contribution in [0.15, 0.2) is 0 Å². The predicted molar refractivity (Wildman–Crippen MR) is 98.4 cm³/mol. The van der Waals surface area contributed by atoms with E-state index in [4.69, 9.17) is 14.6 Å². The Kier molecular flexibility index (Phi) is 10.9. The van der Waals surface area contributed by atoms with Gasteiger partial charge in [0, 0.05) is 12.0 Å². The van der Waals surface area contributed by atoms with E-state index in [1.54, 1.807) is 27.7 Å². The molecule has 0 aromatic heterocycles. The summed E-state index contributed by atoms with van der Waals surface area (Å²) >= 11 is 0. The van der Waals surface area contributed by atoms with Crippen LogP contribution in [0.5, 0.6) is 0 Å². The first-order valence-corrected chi connectivity index (χ1v) is 9.38. The Hall–Kier alpha value is -1.79. The minimum Gasteiger partial charge on any atom is -0.481 e. The molecule has 1 amide bonds. The number of rotatable bonds is 11. The second kappa shape index (κ2) is 11.8. The lowest BCUT2D eigenvalue weighted by Crippen LogP contribution is -2.45. The number of carboxylic acid groups (broad SMARTS) is 1. The van der Waals surface area contributed by atoms with Crippen LogP contribution < -0.4 is 5.32 Å². The van der Waals surface area contributed by atoms with Crippen LogP contribution >= 0.6 is 0 Å². The fraction of sp³-hybridized carbons (Fsp3) is 0.842. The zero-order valence-electron chi connectivity index (χ0n) is 17.1. The first kappa shape index (κ1) is 24.2. The van der Waals surface area contributed by atoms with Crippen molar-refractivity contribution in [3.63, 3.8) is 0 Å². The number of esters is 1. The third-order valence-corrected chi connectivity index (χ3v) is 4.45. The second-order valence-electron chi connectivity index (χ2n) is 7.58. The van der Waals surface area contributed by atoms with Gasteiger partial charge in [0.15, 0.2) is 0 Å². The highest BCUT2D eigenvalue weighted by Crippen LogP contribution is 2.22. The Morgan fingerprint density at radius 3 is 2.00 bits per heavy atom. The Bertz CT molecular complexity index is 463. The highest BCUT2D eigenvalue weighted by molar-refractivity contribution is 5.73. The van der Waals surface area contributed by atoms with E-state index in [2.05, 4.69) is 12.2 Å². The summed E-state index contributed by atoms with van der Waals surface area (Å²) in [5.41, 5.74) is 0. The molecule has 0 aliphatic carbocycles. The Morgan fingerprint density at radius 2 is 1.58 bits per heavy atom. The van der Waals surface area contributed by atoms with Crippen LogP contribution in [0.2, 0.25) is 0 Å². The summed E-state index contributed by atoms with van der Waals surface area (Å²) in [5, 5.41) is 11.8. The molecule has 152 valence electrons. The number of carbonyl (C=O) groups is 3. The summed E-state index contributed by atoms with van der Waals surface area (Å²) in [6.07, 6.45) is -0.0614. The van der Waals surface area contributed by atoms with Crippen LogP contribution in [0.25, 0.3) is 0 Å². The average molecular weight is 373 g/mol. The molecule has 0 aromatic rings. The number of nitrogens with one attached hydrogen (secondary N) is 1. The van der Waals surface area contributed by atoms with Crippen LogP contribution in [0.1, 0.15) is 67.7 Å². The van der Waals surface area contributed by atoms with Crippen molar-refractivity contribution >= 4 is 18.0 Å². The molecular weight excluding hydrogens is 338 g/mol. The van der Waals surface area contributed by atoms with Gasteiger partial charge in [-0.05, 0) is 11.8 Å². The number of ether oxygens (including phenoxy) is 2. The molecule has 0 unspecified atom stereocenters. The molecule has 0 aliphatic rings. The number of carbonyl (C=O) groups excluding carboxylic acids is 2. The van der Waals surface area contributed by atoms with E-state index < -0.39 is 30.4 Å². The SMILES string of the molecule is CCC[C@@H](C)[C@@H](C)[C@H](CC(=O)O)NC(=O)O[C@@H](OC(=O)C(C)C)C(C)C. The average Bonchev–Trinajstić information content (AvgIpc) is 2.52. The summed E-state index contributed by atoms with van der Waals surface area (Å²) in [7, 11) is 0. The highest BCUT2D eigenvalue weighted by Gasteiger charge is 2.29. The molecule has 0 heterocycles. The van der Waals surface area contributed by atoms with Crippen molar-refractivity contribution in [2.45, 2.75) is 80.1 Å². The minimum absolute atomic E-state index is 0.0330. The minimum atomic E-state index is -1.02. The van der Waals surface area contributed by atoms with Crippen LogP contribution in [0.3, 0.4) is 0 Å². The van der Waals surface area contributed by atoms with Crippen molar-refractivity contribution < 1.29 is 29.0 Å². The van der Waals surface area contributed by atoms with Crippen LogP contribution in [0, 0.1) is 23.7 Å². The monoisotopic (exact) mass is 373 g/mol. The lowest BCUT2D eigenvalue weighted by atomic mass is 9.84. The Morgan fingerprint density at radius 1 is 1.00 bits per heavy atom.